The second kappa shape index (κ2) is 5.29. The molecule has 0 amide bonds. The van der Waals surface area contributed by atoms with E-state index in [-0.39, 0.29) is 0 Å². The van der Waals surface area contributed by atoms with Crippen LogP contribution in [0.4, 0.5) is 0 Å². The maximum atomic E-state index is 9.28. The summed E-state index contributed by atoms with van der Waals surface area (Å²) in [5.41, 5.74) is 1.30. The monoisotopic (exact) mass is 246 g/mol. The van der Waals surface area contributed by atoms with Crippen LogP contribution in [0, 0.1) is 0 Å². The van der Waals surface area contributed by atoms with Crippen molar-refractivity contribution in [3.05, 3.63) is 29.8 Å². The first-order valence-electron chi connectivity index (χ1n) is 7.05. The van der Waals surface area contributed by atoms with E-state index in [1.54, 1.807) is 12.1 Å². The molecule has 1 unspecified atom stereocenters. The van der Waals surface area contributed by atoms with E-state index in [4.69, 9.17) is 0 Å². The normalized spacial score (nSPS) is 25.9. The fraction of sp³-hybridized carbons (Fsp3) is 0.600. The summed E-state index contributed by atoms with van der Waals surface area (Å²) in [5.74, 6) is 0.357. The van der Waals surface area contributed by atoms with Crippen molar-refractivity contribution in [2.75, 3.05) is 26.2 Å². The summed E-state index contributed by atoms with van der Waals surface area (Å²) >= 11 is 0. The van der Waals surface area contributed by atoms with Crippen LogP contribution >= 0.6 is 0 Å². The van der Waals surface area contributed by atoms with Gasteiger partial charge >= 0.3 is 0 Å². The fourth-order valence-electron chi connectivity index (χ4n) is 3.22. The van der Waals surface area contributed by atoms with E-state index in [1.807, 2.05) is 12.1 Å². The quantitative estimate of drug-likeness (QED) is 0.884. The molecule has 98 valence electrons. The molecular formula is C15H22N2O. The summed E-state index contributed by atoms with van der Waals surface area (Å²) in [6, 6.07) is 8.40. The lowest BCUT2D eigenvalue weighted by molar-refractivity contribution is 0.230. The van der Waals surface area contributed by atoms with Crippen LogP contribution in [0.1, 0.15) is 24.8 Å². The minimum atomic E-state index is 0.357. The van der Waals surface area contributed by atoms with E-state index in [0.717, 1.165) is 12.6 Å². The highest BCUT2D eigenvalue weighted by Crippen LogP contribution is 2.22. The second-order valence-electron chi connectivity index (χ2n) is 5.59. The summed E-state index contributed by atoms with van der Waals surface area (Å²) in [4.78, 5) is 5.20. The molecule has 3 nitrogen and oxygen atoms in total. The number of rotatable bonds is 3. The Morgan fingerprint density at radius 3 is 2.50 bits per heavy atom. The van der Waals surface area contributed by atoms with Crippen LogP contribution in [0.3, 0.4) is 0 Å². The van der Waals surface area contributed by atoms with E-state index in [0.29, 0.717) is 5.75 Å². The second-order valence-corrected chi connectivity index (χ2v) is 5.59. The summed E-state index contributed by atoms with van der Waals surface area (Å²) in [5, 5.41) is 9.28. The van der Waals surface area contributed by atoms with Crippen molar-refractivity contribution in [3.8, 4) is 5.75 Å². The van der Waals surface area contributed by atoms with E-state index >= 15 is 0 Å². The standard InChI is InChI=1S/C15H22N2O/c18-15-5-3-13(4-6-15)11-16-10-7-14(12-16)17-8-1-2-9-17/h3-6,14,18H,1-2,7-12H2. The molecule has 2 heterocycles. The minimum Gasteiger partial charge on any atom is -0.508 e. The topological polar surface area (TPSA) is 26.7 Å². The third kappa shape index (κ3) is 2.68. The molecule has 18 heavy (non-hydrogen) atoms. The highest BCUT2D eigenvalue weighted by molar-refractivity contribution is 5.25. The number of phenols is 1. The molecule has 2 saturated heterocycles. The van der Waals surface area contributed by atoms with Crippen LogP contribution < -0.4 is 0 Å². The van der Waals surface area contributed by atoms with Gasteiger partial charge in [-0.15, -0.1) is 0 Å². The number of likely N-dealkylation sites (tertiary alicyclic amines) is 2. The molecule has 3 heteroatoms. The molecule has 1 N–H and O–H groups in total. The molecule has 1 atom stereocenters. The maximum Gasteiger partial charge on any atom is 0.115 e. The van der Waals surface area contributed by atoms with Crippen LogP contribution in [0.15, 0.2) is 24.3 Å². The third-order valence-electron chi connectivity index (χ3n) is 4.25. The molecule has 2 aliphatic rings. The van der Waals surface area contributed by atoms with E-state index in [2.05, 4.69) is 9.80 Å². The molecule has 1 aromatic carbocycles. The first-order chi connectivity index (χ1) is 8.81. The van der Waals surface area contributed by atoms with Gasteiger partial charge in [0.15, 0.2) is 0 Å². The zero-order chi connectivity index (χ0) is 12.4. The van der Waals surface area contributed by atoms with Gasteiger partial charge in [0.1, 0.15) is 5.75 Å². The van der Waals surface area contributed by atoms with Gasteiger partial charge in [-0.2, -0.15) is 0 Å². The molecule has 0 spiro atoms. The van der Waals surface area contributed by atoms with Crippen molar-refractivity contribution in [1.29, 1.82) is 0 Å². The lowest BCUT2D eigenvalue weighted by atomic mass is 10.2. The SMILES string of the molecule is Oc1ccc(CN2CCC(N3CCCC3)C2)cc1. The highest BCUT2D eigenvalue weighted by Gasteiger charge is 2.28. The van der Waals surface area contributed by atoms with Crippen LogP contribution in [-0.4, -0.2) is 47.1 Å². The van der Waals surface area contributed by atoms with Gasteiger partial charge in [-0.3, -0.25) is 9.80 Å². The predicted octanol–water partition coefficient (Wildman–Crippen LogP) is 2.06. The highest BCUT2D eigenvalue weighted by atomic mass is 16.3. The molecule has 0 aliphatic carbocycles. The van der Waals surface area contributed by atoms with Crippen LogP contribution in [0.25, 0.3) is 0 Å². The molecule has 2 aliphatic heterocycles. The zero-order valence-electron chi connectivity index (χ0n) is 10.9. The minimum absolute atomic E-state index is 0.357. The first kappa shape index (κ1) is 12.0. The molecule has 3 rings (SSSR count). The van der Waals surface area contributed by atoms with Gasteiger partial charge in [0.05, 0.1) is 0 Å². The summed E-state index contributed by atoms with van der Waals surface area (Å²) in [6.07, 6.45) is 4.08. The van der Waals surface area contributed by atoms with E-state index < -0.39 is 0 Å². The summed E-state index contributed by atoms with van der Waals surface area (Å²) in [6.45, 7) is 6.04. The Morgan fingerprint density at radius 2 is 1.78 bits per heavy atom. The van der Waals surface area contributed by atoms with Crippen LogP contribution in [-0.2, 0) is 6.54 Å². The predicted molar refractivity (Wildman–Crippen MR) is 72.6 cm³/mol. The van der Waals surface area contributed by atoms with Crippen LogP contribution in [0.2, 0.25) is 0 Å². The third-order valence-corrected chi connectivity index (χ3v) is 4.25. The zero-order valence-corrected chi connectivity index (χ0v) is 10.9. The molecule has 0 radical (unpaired) electrons. The Balaban J connectivity index is 1.54. The van der Waals surface area contributed by atoms with Crippen molar-refractivity contribution >= 4 is 0 Å². The largest absolute Gasteiger partial charge is 0.508 e. The lowest BCUT2D eigenvalue weighted by Crippen LogP contribution is -2.35. The molecular weight excluding hydrogens is 224 g/mol. The number of hydrogen-bond donors (Lipinski definition) is 1. The number of nitrogens with zero attached hydrogens (tertiary/aromatic N) is 2. The molecule has 0 saturated carbocycles. The van der Waals surface area contributed by atoms with Crippen molar-refractivity contribution in [2.45, 2.75) is 31.8 Å². The van der Waals surface area contributed by atoms with E-state index in [1.165, 1.54) is 51.0 Å². The Labute approximate surface area is 109 Å². The molecule has 0 bridgehead atoms. The lowest BCUT2D eigenvalue weighted by Gasteiger charge is -2.23. The number of hydrogen-bond acceptors (Lipinski definition) is 3. The Kier molecular flexibility index (Phi) is 3.52. The Bertz CT molecular complexity index is 384. The van der Waals surface area contributed by atoms with Gasteiger partial charge < -0.3 is 5.11 Å². The maximum absolute atomic E-state index is 9.28. The van der Waals surface area contributed by atoms with Gasteiger partial charge in [0.2, 0.25) is 0 Å². The van der Waals surface area contributed by atoms with Crippen molar-refractivity contribution in [2.24, 2.45) is 0 Å². The smallest absolute Gasteiger partial charge is 0.115 e. The Morgan fingerprint density at radius 1 is 1.06 bits per heavy atom. The first-order valence-corrected chi connectivity index (χ1v) is 7.05. The van der Waals surface area contributed by atoms with Gasteiger partial charge in [-0.25, -0.2) is 0 Å². The van der Waals surface area contributed by atoms with Gasteiger partial charge in [0.25, 0.3) is 0 Å². The van der Waals surface area contributed by atoms with Crippen LogP contribution in [0.5, 0.6) is 5.75 Å². The van der Waals surface area contributed by atoms with Gasteiger partial charge in [-0.1, -0.05) is 12.1 Å². The number of aromatic hydroxyl groups is 1. The molecule has 2 fully saturated rings. The van der Waals surface area contributed by atoms with Crippen molar-refractivity contribution in [3.63, 3.8) is 0 Å². The molecule has 0 aromatic heterocycles. The fourth-order valence-corrected chi connectivity index (χ4v) is 3.22. The average Bonchev–Trinajstić information content (AvgIpc) is 3.02. The summed E-state index contributed by atoms with van der Waals surface area (Å²) < 4.78 is 0. The summed E-state index contributed by atoms with van der Waals surface area (Å²) in [7, 11) is 0. The van der Waals surface area contributed by atoms with Gasteiger partial charge in [0, 0.05) is 25.7 Å². The number of benzene rings is 1. The van der Waals surface area contributed by atoms with Crippen molar-refractivity contribution in [1.82, 2.24) is 9.80 Å². The number of phenolic OH excluding ortho intramolecular Hbond substituents is 1. The molecule has 1 aromatic rings. The average molecular weight is 246 g/mol. The van der Waals surface area contributed by atoms with Crippen molar-refractivity contribution < 1.29 is 5.11 Å². The van der Waals surface area contributed by atoms with Gasteiger partial charge in [-0.05, 0) is 50.0 Å². The van der Waals surface area contributed by atoms with E-state index in [9.17, 15) is 5.11 Å². The Hall–Kier alpha value is -1.06.